The molecule has 0 saturated heterocycles. The van der Waals surface area contributed by atoms with E-state index in [1.54, 1.807) is 4.68 Å². The predicted molar refractivity (Wildman–Crippen MR) is 69.2 cm³/mol. The SMILES string of the molecule is CCn1ncc(CCC(C)C)c1C(=O)CBr. The lowest BCUT2D eigenvalue weighted by Gasteiger charge is -2.07. The Morgan fingerprint density at radius 3 is 2.75 bits per heavy atom. The average Bonchev–Trinajstić information content (AvgIpc) is 2.68. The molecule has 0 fully saturated rings. The van der Waals surface area contributed by atoms with Gasteiger partial charge in [0.05, 0.1) is 11.5 Å². The molecule has 0 bridgehead atoms. The van der Waals surface area contributed by atoms with Gasteiger partial charge in [0.25, 0.3) is 0 Å². The number of carbonyl (C=O) groups is 1. The topological polar surface area (TPSA) is 34.9 Å². The molecule has 1 aromatic heterocycles. The van der Waals surface area contributed by atoms with Crippen molar-refractivity contribution in [2.45, 2.75) is 40.2 Å². The number of hydrogen-bond donors (Lipinski definition) is 0. The normalized spacial score (nSPS) is 11.1. The van der Waals surface area contributed by atoms with Gasteiger partial charge in [-0.05, 0) is 25.7 Å². The van der Waals surface area contributed by atoms with E-state index in [4.69, 9.17) is 0 Å². The maximum Gasteiger partial charge on any atom is 0.191 e. The van der Waals surface area contributed by atoms with Crippen molar-refractivity contribution in [3.63, 3.8) is 0 Å². The summed E-state index contributed by atoms with van der Waals surface area (Å²) in [6.45, 7) is 7.13. The van der Waals surface area contributed by atoms with Crippen LogP contribution in [0.1, 0.15) is 43.2 Å². The molecule has 0 amide bonds. The van der Waals surface area contributed by atoms with Crippen molar-refractivity contribution in [3.8, 4) is 0 Å². The third-order valence-electron chi connectivity index (χ3n) is 2.59. The molecule has 0 aliphatic heterocycles. The zero-order chi connectivity index (χ0) is 12.1. The molecule has 0 aromatic carbocycles. The Labute approximate surface area is 105 Å². The summed E-state index contributed by atoms with van der Waals surface area (Å²) in [5, 5.41) is 4.63. The molecular formula is C12H19BrN2O. The molecule has 4 heteroatoms. The van der Waals surface area contributed by atoms with E-state index in [1.807, 2.05) is 13.1 Å². The van der Waals surface area contributed by atoms with Gasteiger partial charge >= 0.3 is 0 Å². The summed E-state index contributed by atoms with van der Waals surface area (Å²) in [5.41, 5.74) is 1.86. The summed E-state index contributed by atoms with van der Waals surface area (Å²) in [7, 11) is 0. The van der Waals surface area contributed by atoms with Gasteiger partial charge in [-0.15, -0.1) is 0 Å². The van der Waals surface area contributed by atoms with Crippen LogP contribution in [0.15, 0.2) is 6.20 Å². The highest BCUT2D eigenvalue weighted by Gasteiger charge is 2.16. The van der Waals surface area contributed by atoms with E-state index in [-0.39, 0.29) is 5.78 Å². The Morgan fingerprint density at radius 2 is 2.25 bits per heavy atom. The fourth-order valence-corrected chi connectivity index (χ4v) is 1.94. The van der Waals surface area contributed by atoms with Crippen molar-refractivity contribution < 1.29 is 4.79 Å². The molecule has 3 nitrogen and oxygen atoms in total. The number of alkyl halides is 1. The zero-order valence-electron chi connectivity index (χ0n) is 10.2. The molecule has 1 rings (SSSR count). The van der Waals surface area contributed by atoms with Crippen LogP contribution in [0, 0.1) is 5.92 Å². The Hall–Kier alpha value is -0.640. The van der Waals surface area contributed by atoms with Gasteiger partial charge in [0.1, 0.15) is 5.69 Å². The maximum atomic E-state index is 11.8. The second-order valence-electron chi connectivity index (χ2n) is 4.32. The van der Waals surface area contributed by atoms with E-state index >= 15 is 0 Å². The summed E-state index contributed by atoms with van der Waals surface area (Å²) >= 11 is 3.22. The van der Waals surface area contributed by atoms with Crippen LogP contribution < -0.4 is 0 Å². The fourth-order valence-electron chi connectivity index (χ4n) is 1.68. The minimum absolute atomic E-state index is 0.123. The van der Waals surface area contributed by atoms with Crippen LogP contribution in [-0.2, 0) is 13.0 Å². The lowest BCUT2D eigenvalue weighted by Crippen LogP contribution is -2.12. The molecule has 16 heavy (non-hydrogen) atoms. The Balaban J connectivity index is 2.91. The lowest BCUT2D eigenvalue weighted by atomic mass is 10.0. The number of carbonyl (C=O) groups excluding carboxylic acids is 1. The van der Waals surface area contributed by atoms with Gasteiger partial charge < -0.3 is 0 Å². The van der Waals surface area contributed by atoms with Crippen LogP contribution >= 0.6 is 15.9 Å². The third-order valence-corrected chi connectivity index (χ3v) is 3.10. The fraction of sp³-hybridized carbons (Fsp3) is 0.667. The van der Waals surface area contributed by atoms with Gasteiger partial charge in [-0.2, -0.15) is 5.10 Å². The molecular weight excluding hydrogens is 268 g/mol. The first-order chi connectivity index (χ1) is 7.60. The van der Waals surface area contributed by atoms with Crippen molar-refractivity contribution in [1.29, 1.82) is 0 Å². The van der Waals surface area contributed by atoms with E-state index in [0.717, 1.165) is 30.6 Å². The average molecular weight is 287 g/mol. The second kappa shape index (κ2) is 6.18. The lowest BCUT2D eigenvalue weighted by molar-refractivity contribution is 0.101. The number of rotatable bonds is 6. The molecule has 0 spiro atoms. The monoisotopic (exact) mass is 286 g/mol. The summed E-state index contributed by atoms with van der Waals surface area (Å²) in [5.74, 6) is 0.773. The smallest absolute Gasteiger partial charge is 0.191 e. The third kappa shape index (κ3) is 3.17. The van der Waals surface area contributed by atoms with Crippen LogP contribution in [0.5, 0.6) is 0 Å². The largest absolute Gasteiger partial charge is 0.292 e. The van der Waals surface area contributed by atoms with Crippen molar-refractivity contribution >= 4 is 21.7 Å². The van der Waals surface area contributed by atoms with Gasteiger partial charge in [0.15, 0.2) is 5.78 Å². The van der Waals surface area contributed by atoms with Gasteiger partial charge in [0.2, 0.25) is 0 Å². The van der Waals surface area contributed by atoms with Crippen LogP contribution in [0.3, 0.4) is 0 Å². The first-order valence-corrected chi connectivity index (χ1v) is 6.86. The molecule has 1 aromatic rings. The van der Waals surface area contributed by atoms with Crippen LogP contribution in [-0.4, -0.2) is 20.9 Å². The second-order valence-corrected chi connectivity index (χ2v) is 4.88. The molecule has 0 atom stereocenters. The first kappa shape index (κ1) is 13.4. The Kier molecular flexibility index (Phi) is 5.19. The molecule has 0 aliphatic rings. The number of aromatic nitrogens is 2. The van der Waals surface area contributed by atoms with E-state index in [9.17, 15) is 4.79 Å². The number of ketones is 1. The number of halogens is 1. The summed E-state index contributed by atoms with van der Waals surface area (Å²) in [6.07, 6.45) is 3.87. The van der Waals surface area contributed by atoms with E-state index in [1.165, 1.54) is 0 Å². The summed E-state index contributed by atoms with van der Waals surface area (Å²) in [6, 6.07) is 0. The van der Waals surface area contributed by atoms with Gasteiger partial charge in [-0.1, -0.05) is 29.8 Å². The van der Waals surface area contributed by atoms with Crippen molar-refractivity contribution in [2.75, 3.05) is 5.33 Å². The van der Waals surface area contributed by atoms with Crippen LogP contribution in [0.25, 0.3) is 0 Å². The van der Waals surface area contributed by atoms with E-state index in [2.05, 4.69) is 34.9 Å². The number of Topliss-reactive ketones (excluding diaryl/α,β-unsaturated/α-hetero) is 1. The Morgan fingerprint density at radius 1 is 1.56 bits per heavy atom. The highest BCUT2D eigenvalue weighted by Crippen LogP contribution is 2.15. The quantitative estimate of drug-likeness (QED) is 0.595. The van der Waals surface area contributed by atoms with Crippen molar-refractivity contribution in [1.82, 2.24) is 9.78 Å². The molecule has 0 radical (unpaired) electrons. The maximum absolute atomic E-state index is 11.8. The Bertz CT molecular complexity index is 358. The van der Waals surface area contributed by atoms with Crippen LogP contribution in [0.4, 0.5) is 0 Å². The highest BCUT2D eigenvalue weighted by molar-refractivity contribution is 9.09. The van der Waals surface area contributed by atoms with Gasteiger partial charge in [0, 0.05) is 12.1 Å². The molecule has 90 valence electrons. The molecule has 1 heterocycles. The molecule has 0 saturated carbocycles. The standard InChI is InChI=1S/C12H19BrN2O/c1-4-15-12(11(16)7-13)10(8-14-15)6-5-9(2)3/h8-9H,4-7H2,1-3H3. The van der Waals surface area contributed by atoms with E-state index < -0.39 is 0 Å². The van der Waals surface area contributed by atoms with Crippen molar-refractivity contribution in [3.05, 3.63) is 17.5 Å². The minimum atomic E-state index is 0.123. The van der Waals surface area contributed by atoms with Crippen LogP contribution in [0.2, 0.25) is 0 Å². The van der Waals surface area contributed by atoms with E-state index in [0.29, 0.717) is 11.2 Å². The predicted octanol–water partition coefficient (Wildman–Crippen LogP) is 3.07. The molecule has 0 aliphatic carbocycles. The zero-order valence-corrected chi connectivity index (χ0v) is 11.7. The molecule has 0 unspecified atom stereocenters. The molecule has 0 N–H and O–H groups in total. The van der Waals surface area contributed by atoms with Gasteiger partial charge in [-0.3, -0.25) is 9.48 Å². The van der Waals surface area contributed by atoms with Gasteiger partial charge in [-0.25, -0.2) is 0 Å². The summed E-state index contributed by atoms with van der Waals surface area (Å²) < 4.78 is 1.79. The number of hydrogen-bond acceptors (Lipinski definition) is 2. The van der Waals surface area contributed by atoms with Crippen molar-refractivity contribution in [2.24, 2.45) is 5.92 Å². The number of nitrogens with zero attached hydrogens (tertiary/aromatic N) is 2. The summed E-state index contributed by atoms with van der Waals surface area (Å²) in [4.78, 5) is 11.8. The first-order valence-electron chi connectivity index (χ1n) is 5.74. The minimum Gasteiger partial charge on any atom is -0.292 e. The highest BCUT2D eigenvalue weighted by atomic mass is 79.9. The number of aryl methyl sites for hydroxylation is 2.